The number of aromatic nitrogens is 1. The highest BCUT2D eigenvalue weighted by atomic mass is 127. The third-order valence-electron chi connectivity index (χ3n) is 2.90. The first-order chi connectivity index (χ1) is 9.22. The van der Waals surface area contributed by atoms with Crippen LogP contribution in [0.4, 0.5) is 0 Å². The number of hydrogen-bond donors (Lipinski definition) is 0. The van der Waals surface area contributed by atoms with Crippen molar-refractivity contribution in [1.29, 1.82) is 0 Å². The molecule has 1 aromatic carbocycles. The van der Waals surface area contributed by atoms with Gasteiger partial charge in [0.1, 0.15) is 0 Å². The monoisotopic (exact) mass is 379 g/mol. The molecule has 0 aliphatic rings. The Morgan fingerprint density at radius 1 is 1.21 bits per heavy atom. The van der Waals surface area contributed by atoms with Crippen LogP contribution in [-0.4, -0.2) is 10.8 Å². The summed E-state index contributed by atoms with van der Waals surface area (Å²) in [5.41, 5.74) is 2.68. The van der Waals surface area contributed by atoms with Gasteiger partial charge < -0.3 is 0 Å². The number of rotatable bonds is 3. The van der Waals surface area contributed by atoms with Crippen LogP contribution >= 0.6 is 33.9 Å². The van der Waals surface area contributed by atoms with Gasteiger partial charge in [0.05, 0.1) is 10.2 Å². The minimum Gasteiger partial charge on any atom is -0.294 e. The molecule has 0 fully saturated rings. The van der Waals surface area contributed by atoms with E-state index >= 15 is 0 Å². The fraction of sp³-hybridized carbons (Fsp3) is 0.0667. The summed E-state index contributed by atoms with van der Waals surface area (Å²) in [5.74, 6) is 0.115. The van der Waals surface area contributed by atoms with Crippen molar-refractivity contribution >= 4 is 49.9 Å². The first kappa shape index (κ1) is 12.7. The van der Waals surface area contributed by atoms with E-state index in [9.17, 15) is 4.79 Å². The predicted molar refractivity (Wildman–Crippen MR) is 86.8 cm³/mol. The van der Waals surface area contributed by atoms with Crippen LogP contribution in [0.3, 0.4) is 0 Å². The zero-order valence-electron chi connectivity index (χ0n) is 9.97. The average molecular weight is 379 g/mol. The Labute approximate surface area is 128 Å². The van der Waals surface area contributed by atoms with Gasteiger partial charge in [-0.1, -0.05) is 12.1 Å². The van der Waals surface area contributed by atoms with E-state index in [4.69, 9.17) is 0 Å². The Morgan fingerprint density at radius 2 is 2.00 bits per heavy atom. The molecule has 0 N–H and O–H groups in total. The van der Waals surface area contributed by atoms with E-state index in [-0.39, 0.29) is 5.78 Å². The molecule has 0 aliphatic heterocycles. The quantitative estimate of drug-likeness (QED) is 0.501. The molecule has 0 saturated heterocycles. The Hall–Kier alpha value is -1.27. The van der Waals surface area contributed by atoms with Gasteiger partial charge in [-0.15, -0.1) is 11.3 Å². The number of pyridine rings is 1. The number of halogens is 1. The van der Waals surface area contributed by atoms with E-state index in [0.29, 0.717) is 12.0 Å². The van der Waals surface area contributed by atoms with Gasteiger partial charge in [-0.05, 0) is 57.8 Å². The van der Waals surface area contributed by atoms with Crippen LogP contribution in [0, 0.1) is 3.57 Å². The Morgan fingerprint density at radius 3 is 2.79 bits per heavy atom. The predicted octanol–water partition coefficient (Wildman–Crippen LogP) is 4.33. The zero-order chi connectivity index (χ0) is 13.2. The Bertz CT molecular complexity index is 733. The van der Waals surface area contributed by atoms with Gasteiger partial charge in [0.2, 0.25) is 0 Å². The van der Waals surface area contributed by atoms with Crippen LogP contribution in [0.25, 0.3) is 10.2 Å². The molecule has 0 aliphatic carbocycles. The Balaban J connectivity index is 1.84. The van der Waals surface area contributed by atoms with Crippen molar-refractivity contribution in [3.05, 3.63) is 62.7 Å². The van der Waals surface area contributed by atoms with Gasteiger partial charge in [0.15, 0.2) is 5.78 Å². The number of nitrogens with zero attached hydrogens (tertiary/aromatic N) is 1. The van der Waals surface area contributed by atoms with Gasteiger partial charge >= 0.3 is 0 Å². The standard InChI is InChI=1S/C15H10INOS/c16-12-3-1-10(2-4-12)7-14(18)11-8-15-13(17-9-11)5-6-19-15/h1-6,8-9H,7H2. The second kappa shape index (κ2) is 5.38. The summed E-state index contributed by atoms with van der Waals surface area (Å²) < 4.78 is 2.24. The number of Topliss-reactive ketones (excluding diaryl/α,β-unsaturated/α-hetero) is 1. The van der Waals surface area contributed by atoms with Crippen LogP contribution < -0.4 is 0 Å². The van der Waals surface area contributed by atoms with Gasteiger partial charge in [-0.3, -0.25) is 9.78 Å². The first-order valence-electron chi connectivity index (χ1n) is 5.83. The van der Waals surface area contributed by atoms with Crippen LogP contribution in [0.15, 0.2) is 48.0 Å². The number of hydrogen-bond acceptors (Lipinski definition) is 3. The molecule has 4 heteroatoms. The smallest absolute Gasteiger partial charge is 0.168 e. The van der Waals surface area contributed by atoms with Crippen molar-refractivity contribution in [2.24, 2.45) is 0 Å². The highest BCUT2D eigenvalue weighted by Gasteiger charge is 2.09. The summed E-state index contributed by atoms with van der Waals surface area (Å²) in [6.07, 6.45) is 2.10. The van der Waals surface area contributed by atoms with E-state index in [1.54, 1.807) is 17.5 Å². The molecule has 0 atom stereocenters. The summed E-state index contributed by atoms with van der Waals surface area (Å²) >= 11 is 3.87. The van der Waals surface area contributed by atoms with Crippen molar-refractivity contribution < 1.29 is 4.79 Å². The van der Waals surface area contributed by atoms with Crippen molar-refractivity contribution in [2.45, 2.75) is 6.42 Å². The topological polar surface area (TPSA) is 30.0 Å². The van der Waals surface area contributed by atoms with Crippen molar-refractivity contribution in [3.8, 4) is 0 Å². The molecule has 0 bridgehead atoms. The second-order valence-corrected chi connectivity index (χ2v) is 6.45. The Kier molecular flexibility index (Phi) is 3.61. The van der Waals surface area contributed by atoms with Crippen molar-refractivity contribution in [1.82, 2.24) is 4.98 Å². The molecule has 0 unspecified atom stereocenters. The van der Waals surface area contributed by atoms with Crippen LogP contribution in [0.1, 0.15) is 15.9 Å². The molecule has 2 nitrogen and oxygen atoms in total. The highest BCUT2D eigenvalue weighted by Crippen LogP contribution is 2.20. The maximum atomic E-state index is 12.2. The van der Waals surface area contributed by atoms with E-state index < -0.39 is 0 Å². The van der Waals surface area contributed by atoms with E-state index in [1.807, 2.05) is 41.8 Å². The van der Waals surface area contributed by atoms with Crippen LogP contribution in [0.2, 0.25) is 0 Å². The number of fused-ring (bicyclic) bond motifs is 1. The third-order valence-corrected chi connectivity index (χ3v) is 4.47. The van der Waals surface area contributed by atoms with Gasteiger partial charge in [-0.25, -0.2) is 0 Å². The lowest BCUT2D eigenvalue weighted by Gasteiger charge is -2.02. The number of benzene rings is 1. The highest BCUT2D eigenvalue weighted by molar-refractivity contribution is 14.1. The lowest BCUT2D eigenvalue weighted by Crippen LogP contribution is -2.03. The molecular formula is C15H10INOS. The van der Waals surface area contributed by atoms with Gasteiger partial charge in [0, 0.05) is 21.8 Å². The van der Waals surface area contributed by atoms with Crippen LogP contribution in [-0.2, 0) is 6.42 Å². The molecule has 94 valence electrons. The summed E-state index contributed by atoms with van der Waals surface area (Å²) in [6.45, 7) is 0. The molecular weight excluding hydrogens is 369 g/mol. The average Bonchev–Trinajstić information content (AvgIpc) is 2.88. The molecule has 3 aromatic rings. The van der Waals surface area contributed by atoms with E-state index in [2.05, 4.69) is 27.6 Å². The van der Waals surface area contributed by atoms with Gasteiger partial charge in [0.25, 0.3) is 0 Å². The third kappa shape index (κ3) is 2.84. The largest absolute Gasteiger partial charge is 0.294 e. The fourth-order valence-corrected chi connectivity index (χ4v) is 3.03. The molecule has 2 aromatic heterocycles. The SMILES string of the molecule is O=C(Cc1ccc(I)cc1)c1cnc2ccsc2c1. The molecule has 0 spiro atoms. The van der Waals surface area contributed by atoms with Gasteiger partial charge in [-0.2, -0.15) is 0 Å². The molecule has 19 heavy (non-hydrogen) atoms. The molecule has 2 heterocycles. The van der Waals surface area contributed by atoms with E-state index in [1.165, 1.54) is 3.57 Å². The van der Waals surface area contributed by atoms with E-state index in [0.717, 1.165) is 15.8 Å². The molecule has 0 radical (unpaired) electrons. The number of carbonyl (C=O) groups excluding carboxylic acids is 1. The summed E-state index contributed by atoms with van der Waals surface area (Å²) in [7, 11) is 0. The van der Waals surface area contributed by atoms with Crippen molar-refractivity contribution in [2.75, 3.05) is 0 Å². The van der Waals surface area contributed by atoms with Crippen LogP contribution in [0.5, 0.6) is 0 Å². The number of ketones is 1. The normalized spacial score (nSPS) is 10.8. The molecule has 0 saturated carbocycles. The lowest BCUT2D eigenvalue weighted by atomic mass is 10.0. The summed E-state index contributed by atoms with van der Waals surface area (Å²) in [4.78, 5) is 16.5. The lowest BCUT2D eigenvalue weighted by molar-refractivity contribution is 0.0993. The molecule has 3 rings (SSSR count). The second-order valence-electron chi connectivity index (χ2n) is 4.25. The summed E-state index contributed by atoms with van der Waals surface area (Å²) in [6, 6.07) is 11.9. The maximum Gasteiger partial charge on any atom is 0.168 e. The molecule has 0 amide bonds. The number of carbonyl (C=O) groups is 1. The number of thiophene rings is 1. The minimum absolute atomic E-state index is 0.115. The van der Waals surface area contributed by atoms with Crippen molar-refractivity contribution in [3.63, 3.8) is 0 Å². The zero-order valence-corrected chi connectivity index (χ0v) is 12.9. The first-order valence-corrected chi connectivity index (χ1v) is 7.79. The minimum atomic E-state index is 0.115. The summed E-state index contributed by atoms with van der Waals surface area (Å²) in [5, 5.41) is 1.99. The fourth-order valence-electron chi connectivity index (χ4n) is 1.89. The maximum absolute atomic E-state index is 12.2.